The third-order valence-corrected chi connectivity index (χ3v) is 5.61. The predicted molar refractivity (Wildman–Crippen MR) is 118 cm³/mol. The maximum absolute atomic E-state index is 13.1. The van der Waals surface area contributed by atoms with E-state index in [0.29, 0.717) is 21.8 Å². The Balaban J connectivity index is 2.05. The van der Waals surface area contributed by atoms with Gasteiger partial charge in [-0.1, -0.05) is 23.7 Å². The molecule has 2 amide bonds. The number of ether oxygens (including phenoxy) is 1. The number of nitrogens with zero attached hydrogens (tertiary/aromatic N) is 1. The smallest absolute Gasteiger partial charge is 0.270 e. The molecule has 2 aromatic rings. The number of hydrogen-bond donors (Lipinski definition) is 1. The average Bonchev–Trinajstić information content (AvgIpc) is 2.62. The molecule has 1 aliphatic heterocycles. The second kappa shape index (κ2) is 7.95. The quantitative estimate of drug-likeness (QED) is 0.291. The summed E-state index contributed by atoms with van der Waals surface area (Å²) in [4.78, 5) is 26.7. The van der Waals surface area contributed by atoms with Crippen molar-refractivity contribution in [2.24, 2.45) is 0 Å². The highest BCUT2D eigenvalue weighted by molar-refractivity contribution is 14.1. The first-order chi connectivity index (χ1) is 12.8. The number of nitrogens with one attached hydrogen (secondary N) is 1. The molecule has 3 rings (SSSR count). The molecule has 138 valence electrons. The number of hydrogen-bond acceptors (Lipinski definition) is 4. The van der Waals surface area contributed by atoms with Gasteiger partial charge in [0.2, 0.25) is 0 Å². The van der Waals surface area contributed by atoms with Gasteiger partial charge in [-0.25, -0.2) is 0 Å². The summed E-state index contributed by atoms with van der Waals surface area (Å²) in [7, 11) is 1.58. The lowest BCUT2D eigenvalue weighted by Crippen LogP contribution is -2.54. The molecule has 0 bridgehead atoms. The van der Waals surface area contributed by atoms with Gasteiger partial charge in [0.15, 0.2) is 5.11 Å². The lowest BCUT2D eigenvalue weighted by molar-refractivity contribution is -0.122. The number of halogens is 2. The maximum atomic E-state index is 13.1. The third kappa shape index (κ3) is 3.85. The zero-order chi connectivity index (χ0) is 19.7. The average molecular weight is 513 g/mol. The topological polar surface area (TPSA) is 58.6 Å². The first-order valence-electron chi connectivity index (χ1n) is 7.83. The fourth-order valence-electron chi connectivity index (χ4n) is 2.65. The van der Waals surface area contributed by atoms with Crippen LogP contribution < -0.4 is 15.0 Å². The molecule has 1 fully saturated rings. The van der Waals surface area contributed by atoms with Crippen molar-refractivity contribution in [1.82, 2.24) is 5.32 Å². The number of carbonyl (C=O) groups is 2. The Hall–Kier alpha value is -1.97. The zero-order valence-electron chi connectivity index (χ0n) is 14.4. The van der Waals surface area contributed by atoms with E-state index >= 15 is 0 Å². The van der Waals surface area contributed by atoms with Crippen molar-refractivity contribution in [2.75, 3.05) is 12.0 Å². The molecule has 2 aromatic carbocycles. The van der Waals surface area contributed by atoms with Crippen LogP contribution in [0, 0.1) is 10.5 Å². The standard InChI is InChI=1S/C19H14ClIN2O3S/c1-10-13(20)4-3-5-15(10)23-18(25)12(17(24)22-19(23)27)8-11-6-7-16(26-2)14(21)9-11/h3-9H,1-2H3,(H,22,24,27)/b12-8+. The Kier molecular flexibility index (Phi) is 5.83. The molecule has 0 spiro atoms. The largest absolute Gasteiger partial charge is 0.496 e. The van der Waals surface area contributed by atoms with Crippen LogP contribution in [-0.2, 0) is 9.59 Å². The van der Waals surface area contributed by atoms with Crippen LogP contribution in [0.1, 0.15) is 11.1 Å². The van der Waals surface area contributed by atoms with Crippen LogP contribution >= 0.6 is 46.4 Å². The monoisotopic (exact) mass is 512 g/mol. The first kappa shape index (κ1) is 19.8. The summed E-state index contributed by atoms with van der Waals surface area (Å²) in [6.07, 6.45) is 1.54. The Morgan fingerprint density at radius 3 is 2.67 bits per heavy atom. The molecule has 0 aliphatic carbocycles. The molecule has 8 heteroatoms. The van der Waals surface area contributed by atoms with Crippen LogP contribution in [0.3, 0.4) is 0 Å². The molecule has 27 heavy (non-hydrogen) atoms. The van der Waals surface area contributed by atoms with E-state index in [1.165, 1.54) is 11.0 Å². The number of amides is 2. The molecule has 0 atom stereocenters. The molecule has 0 unspecified atom stereocenters. The minimum Gasteiger partial charge on any atom is -0.496 e. The SMILES string of the molecule is COc1ccc(/C=C2\C(=O)NC(=S)N(c3cccc(Cl)c3C)C2=O)cc1I. The van der Waals surface area contributed by atoms with Crippen molar-refractivity contribution in [3.8, 4) is 5.75 Å². The highest BCUT2D eigenvalue weighted by Crippen LogP contribution is 2.30. The Bertz CT molecular complexity index is 1010. The summed E-state index contributed by atoms with van der Waals surface area (Å²) in [6.45, 7) is 1.79. The molecule has 0 saturated carbocycles. The second-order valence-corrected chi connectivity index (χ2v) is 7.69. The van der Waals surface area contributed by atoms with Gasteiger partial charge < -0.3 is 4.74 Å². The summed E-state index contributed by atoms with van der Waals surface area (Å²) in [6, 6.07) is 10.6. The van der Waals surface area contributed by atoms with Crippen LogP contribution in [0.2, 0.25) is 5.02 Å². The van der Waals surface area contributed by atoms with E-state index in [1.807, 2.05) is 6.07 Å². The van der Waals surface area contributed by atoms with Gasteiger partial charge in [0.25, 0.3) is 11.8 Å². The molecule has 1 heterocycles. The van der Waals surface area contributed by atoms with Crippen LogP contribution in [0.25, 0.3) is 6.08 Å². The summed E-state index contributed by atoms with van der Waals surface area (Å²) >= 11 is 13.5. The molecule has 1 saturated heterocycles. The van der Waals surface area contributed by atoms with Crippen molar-refractivity contribution in [3.05, 3.63) is 61.7 Å². The van der Waals surface area contributed by atoms with Gasteiger partial charge in [0.05, 0.1) is 16.4 Å². The minimum absolute atomic E-state index is 0.0102. The first-order valence-corrected chi connectivity index (χ1v) is 9.70. The fourth-order valence-corrected chi connectivity index (χ4v) is 3.86. The number of carbonyl (C=O) groups excluding carboxylic acids is 2. The van der Waals surface area contributed by atoms with Crippen molar-refractivity contribution in [1.29, 1.82) is 0 Å². The highest BCUT2D eigenvalue weighted by atomic mass is 127. The van der Waals surface area contributed by atoms with E-state index in [2.05, 4.69) is 27.9 Å². The van der Waals surface area contributed by atoms with E-state index in [4.69, 9.17) is 28.6 Å². The molecule has 5 nitrogen and oxygen atoms in total. The van der Waals surface area contributed by atoms with E-state index in [-0.39, 0.29) is 10.7 Å². The van der Waals surface area contributed by atoms with Gasteiger partial charge in [-0.2, -0.15) is 0 Å². The second-order valence-electron chi connectivity index (χ2n) is 5.74. The Morgan fingerprint density at radius 2 is 2.00 bits per heavy atom. The van der Waals surface area contributed by atoms with Gasteiger partial charge in [-0.05, 0) is 83.2 Å². The van der Waals surface area contributed by atoms with E-state index in [1.54, 1.807) is 44.4 Å². The molecule has 0 radical (unpaired) electrons. The van der Waals surface area contributed by atoms with Gasteiger partial charge in [0, 0.05) is 5.02 Å². The Morgan fingerprint density at radius 1 is 1.26 bits per heavy atom. The summed E-state index contributed by atoms with van der Waals surface area (Å²) < 4.78 is 6.10. The van der Waals surface area contributed by atoms with E-state index in [9.17, 15) is 9.59 Å². The lowest BCUT2D eigenvalue weighted by Gasteiger charge is -2.30. The minimum atomic E-state index is -0.535. The van der Waals surface area contributed by atoms with Crippen molar-refractivity contribution >= 4 is 75.1 Å². The molecular formula is C19H14ClIN2O3S. The number of benzene rings is 2. The number of anilines is 1. The third-order valence-electron chi connectivity index (χ3n) is 4.07. The van der Waals surface area contributed by atoms with Gasteiger partial charge in [-0.15, -0.1) is 0 Å². The van der Waals surface area contributed by atoms with Crippen LogP contribution in [0.15, 0.2) is 42.0 Å². The van der Waals surface area contributed by atoms with Crippen molar-refractivity contribution in [2.45, 2.75) is 6.92 Å². The number of methoxy groups -OCH3 is 1. The van der Waals surface area contributed by atoms with E-state index in [0.717, 1.165) is 9.32 Å². The van der Waals surface area contributed by atoms with E-state index < -0.39 is 11.8 Å². The highest BCUT2D eigenvalue weighted by Gasteiger charge is 2.35. The predicted octanol–water partition coefficient (Wildman–Crippen LogP) is 4.09. The van der Waals surface area contributed by atoms with Gasteiger partial charge in [-0.3, -0.25) is 19.8 Å². The maximum Gasteiger partial charge on any atom is 0.270 e. The normalized spacial score (nSPS) is 15.9. The zero-order valence-corrected chi connectivity index (χ0v) is 18.1. The lowest BCUT2D eigenvalue weighted by atomic mass is 10.1. The van der Waals surface area contributed by atoms with Crippen LogP contribution in [0.5, 0.6) is 5.75 Å². The van der Waals surface area contributed by atoms with Crippen LogP contribution in [-0.4, -0.2) is 24.0 Å². The number of thiocarbonyl (C=S) groups is 1. The van der Waals surface area contributed by atoms with Gasteiger partial charge >= 0.3 is 0 Å². The Labute approximate surface area is 180 Å². The van der Waals surface area contributed by atoms with Crippen molar-refractivity contribution < 1.29 is 14.3 Å². The summed E-state index contributed by atoms with van der Waals surface area (Å²) in [5.41, 5.74) is 1.93. The number of rotatable bonds is 3. The fraction of sp³-hybridized carbons (Fsp3) is 0.105. The van der Waals surface area contributed by atoms with Crippen molar-refractivity contribution in [3.63, 3.8) is 0 Å². The molecule has 0 aromatic heterocycles. The molecular weight excluding hydrogens is 499 g/mol. The summed E-state index contributed by atoms with van der Waals surface area (Å²) in [5.74, 6) is -0.318. The summed E-state index contributed by atoms with van der Waals surface area (Å²) in [5, 5.41) is 3.11. The molecule has 1 aliphatic rings. The van der Waals surface area contributed by atoms with Crippen LogP contribution in [0.4, 0.5) is 5.69 Å². The van der Waals surface area contributed by atoms with Gasteiger partial charge in [0.1, 0.15) is 11.3 Å². The molecule has 1 N–H and O–H groups in total.